The van der Waals surface area contributed by atoms with Gasteiger partial charge >= 0.3 is 6.01 Å². The smallest absolute Gasteiger partial charge is 0.316 e. The predicted molar refractivity (Wildman–Crippen MR) is 129 cm³/mol. The van der Waals surface area contributed by atoms with Crippen LogP contribution < -0.4 is 10.1 Å². The molecule has 0 unspecified atom stereocenters. The Morgan fingerprint density at radius 2 is 1.86 bits per heavy atom. The molecule has 186 valence electrons. The van der Waals surface area contributed by atoms with Crippen LogP contribution in [0.25, 0.3) is 10.9 Å². The van der Waals surface area contributed by atoms with Gasteiger partial charge in [0.15, 0.2) is 0 Å². The van der Waals surface area contributed by atoms with Gasteiger partial charge in [-0.2, -0.15) is 0 Å². The van der Waals surface area contributed by atoms with Gasteiger partial charge in [0, 0.05) is 31.1 Å². The molecular formula is C26H31FN4O4. The third-order valence-electron chi connectivity index (χ3n) is 6.64. The summed E-state index contributed by atoms with van der Waals surface area (Å²) in [5, 5.41) is 4.00. The molecule has 35 heavy (non-hydrogen) atoms. The van der Waals surface area contributed by atoms with Gasteiger partial charge in [0.1, 0.15) is 5.82 Å². The summed E-state index contributed by atoms with van der Waals surface area (Å²) in [7, 11) is 3.10. The molecule has 1 N–H and O–H groups in total. The molecule has 9 heteroatoms. The number of nitrogens with one attached hydrogen (secondary N) is 1. The molecule has 0 saturated heterocycles. The first kappa shape index (κ1) is 24.9. The molecule has 3 aromatic rings. The summed E-state index contributed by atoms with van der Waals surface area (Å²) < 4.78 is 29.8. The van der Waals surface area contributed by atoms with Gasteiger partial charge < -0.3 is 19.5 Å². The Labute approximate surface area is 204 Å². The van der Waals surface area contributed by atoms with Crippen molar-refractivity contribution in [3.63, 3.8) is 0 Å². The zero-order valence-electron chi connectivity index (χ0n) is 20.1. The minimum absolute atomic E-state index is 0.158. The molecule has 2 heterocycles. The third-order valence-corrected chi connectivity index (χ3v) is 6.64. The van der Waals surface area contributed by atoms with Crippen LogP contribution in [-0.4, -0.2) is 60.9 Å². The molecule has 0 aliphatic heterocycles. The van der Waals surface area contributed by atoms with Crippen LogP contribution in [-0.2, 0) is 9.47 Å². The van der Waals surface area contributed by atoms with E-state index in [1.54, 1.807) is 25.4 Å². The van der Waals surface area contributed by atoms with Crippen molar-refractivity contribution >= 4 is 16.8 Å². The molecular weight excluding hydrogens is 451 g/mol. The van der Waals surface area contributed by atoms with Crippen molar-refractivity contribution < 1.29 is 23.4 Å². The van der Waals surface area contributed by atoms with Crippen molar-refractivity contribution in [3.8, 4) is 6.01 Å². The summed E-state index contributed by atoms with van der Waals surface area (Å²) in [6.07, 6.45) is 8.42. The number of benzene rings is 1. The highest BCUT2D eigenvalue weighted by atomic mass is 19.1. The number of aromatic nitrogens is 3. The molecule has 2 aromatic heterocycles. The Morgan fingerprint density at radius 3 is 2.57 bits per heavy atom. The van der Waals surface area contributed by atoms with Crippen LogP contribution in [0.3, 0.4) is 0 Å². The van der Waals surface area contributed by atoms with Crippen molar-refractivity contribution in [2.45, 2.75) is 37.6 Å². The van der Waals surface area contributed by atoms with E-state index in [4.69, 9.17) is 14.2 Å². The molecule has 0 radical (unpaired) electrons. The fourth-order valence-electron chi connectivity index (χ4n) is 4.77. The fourth-order valence-corrected chi connectivity index (χ4v) is 4.77. The van der Waals surface area contributed by atoms with Gasteiger partial charge in [0.05, 0.1) is 44.1 Å². The Balaban J connectivity index is 1.43. The third kappa shape index (κ3) is 6.29. The van der Waals surface area contributed by atoms with Gasteiger partial charge in [-0.1, -0.05) is 0 Å². The Kier molecular flexibility index (Phi) is 8.54. The number of hydrogen-bond donors (Lipinski definition) is 1. The average molecular weight is 483 g/mol. The van der Waals surface area contributed by atoms with Gasteiger partial charge in [-0.05, 0) is 67.3 Å². The van der Waals surface area contributed by atoms with Gasteiger partial charge in [-0.25, -0.2) is 14.4 Å². The van der Waals surface area contributed by atoms with Crippen LogP contribution in [0, 0.1) is 11.7 Å². The molecule has 1 aromatic carbocycles. The van der Waals surface area contributed by atoms with Crippen molar-refractivity contribution in [1.82, 2.24) is 20.3 Å². The largest absolute Gasteiger partial charge is 0.467 e. The van der Waals surface area contributed by atoms with E-state index in [1.165, 1.54) is 25.6 Å². The van der Waals surface area contributed by atoms with E-state index in [-0.39, 0.29) is 29.7 Å². The molecule has 1 amide bonds. The first-order valence-corrected chi connectivity index (χ1v) is 11.9. The fraction of sp³-hybridized carbons (Fsp3) is 0.462. The van der Waals surface area contributed by atoms with Crippen LogP contribution in [0.5, 0.6) is 6.01 Å². The Hall–Kier alpha value is -3.17. The summed E-state index contributed by atoms with van der Waals surface area (Å²) in [6.45, 7) is 1.34. The lowest BCUT2D eigenvalue weighted by Gasteiger charge is -2.34. The first-order valence-electron chi connectivity index (χ1n) is 11.9. The minimum Gasteiger partial charge on any atom is -0.467 e. The number of halogens is 1. The SMILES string of the molecule is COCCOC[C@@H](NC(=O)c1cnc(OC)nc1)[C@H]1CC[C@@H](c2ccnc3ccc(F)cc32)CC1. The summed E-state index contributed by atoms with van der Waals surface area (Å²) in [5.41, 5.74) is 2.32. The lowest BCUT2D eigenvalue weighted by Crippen LogP contribution is -2.45. The number of carbonyl (C=O) groups excluding carboxylic acids is 1. The van der Waals surface area contributed by atoms with E-state index >= 15 is 0 Å². The second-order valence-electron chi connectivity index (χ2n) is 8.78. The van der Waals surface area contributed by atoms with Crippen LogP contribution in [0.15, 0.2) is 42.9 Å². The topological polar surface area (TPSA) is 95.5 Å². The molecule has 1 aliphatic carbocycles. The monoisotopic (exact) mass is 482 g/mol. The van der Waals surface area contributed by atoms with E-state index in [0.29, 0.717) is 31.3 Å². The second-order valence-corrected chi connectivity index (χ2v) is 8.78. The lowest BCUT2D eigenvalue weighted by atomic mass is 9.75. The molecule has 4 rings (SSSR count). The standard InChI is InChI=1S/C26H31FN4O4/c1-33-11-12-35-16-24(31-25(32)19-14-29-26(34-2)30-15-19)18-5-3-17(4-6-18)21-9-10-28-23-8-7-20(27)13-22(21)23/h7-10,13-15,17-18,24H,3-6,11-12,16H2,1-2H3,(H,31,32)/t17-,18+,24-/m1/s1. The van der Waals surface area contributed by atoms with E-state index in [9.17, 15) is 9.18 Å². The van der Waals surface area contributed by atoms with E-state index in [1.807, 2.05) is 6.07 Å². The Bertz CT molecular complexity index is 1120. The van der Waals surface area contributed by atoms with Gasteiger partial charge in [0.2, 0.25) is 0 Å². The summed E-state index contributed by atoms with van der Waals surface area (Å²) in [6, 6.07) is 6.81. The number of methoxy groups -OCH3 is 2. The normalized spacial score (nSPS) is 18.8. The van der Waals surface area contributed by atoms with Gasteiger partial charge in [-0.3, -0.25) is 9.78 Å². The number of ether oxygens (including phenoxy) is 3. The van der Waals surface area contributed by atoms with Crippen LogP contribution in [0.2, 0.25) is 0 Å². The molecule has 1 aliphatic rings. The van der Waals surface area contributed by atoms with Crippen LogP contribution in [0.4, 0.5) is 4.39 Å². The lowest BCUT2D eigenvalue weighted by molar-refractivity contribution is 0.0422. The molecule has 0 bridgehead atoms. The van der Waals surface area contributed by atoms with Crippen molar-refractivity contribution in [3.05, 3.63) is 59.8 Å². The zero-order chi connectivity index (χ0) is 24.6. The number of carbonyl (C=O) groups is 1. The van der Waals surface area contributed by atoms with E-state index in [0.717, 1.165) is 42.1 Å². The number of hydrogen-bond acceptors (Lipinski definition) is 7. The maximum Gasteiger partial charge on any atom is 0.316 e. The molecule has 0 spiro atoms. The first-order chi connectivity index (χ1) is 17.1. The zero-order valence-corrected chi connectivity index (χ0v) is 20.1. The molecule has 1 saturated carbocycles. The highest BCUT2D eigenvalue weighted by Gasteiger charge is 2.30. The number of rotatable bonds is 10. The molecule has 1 fully saturated rings. The maximum absolute atomic E-state index is 13.9. The summed E-state index contributed by atoms with van der Waals surface area (Å²) in [5.74, 6) is 0.0747. The molecule has 8 nitrogen and oxygen atoms in total. The van der Waals surface area contributed by atoms with Crippen molar-refractivity contribution in [2.75, 3.05) is 34.0 Å². The number of nitrogens with zero attached hydrogens (tertiary/aromatic N) is 3. The highest BCUT2D eigenvalue weighted by Crippen LogP contribution is 2.39. The summed E-state index contributed by atoms with van der Waals surface area (Å²) >= 11 is 0. The summed E-state index contributed by atoms with van der Waals surface area (Å²) in [4.78, 5) is 25.3. The van der Waals surface area contributed by atoms with E-state index in [2.05, 4.69) is 20.3 Å². The van der Waals surface area contributed by atoms with Gasteiger partial charge in [-0.15, -0.1) is 0 Å². The minimum atomic E-state index is -0.251. The van der Waals surface area contributed by atoms with Crippen molar-refractivity contribution in [2.24, 2.45) is 5.92 Å². The van der Waals surface area contributed by atoms with Crippen LogP contribution >= 0.6 is 0 Å². The average Bonchev–Trinajstić information content (AvgIpc) is 2.90. The van der Waals surface area contributed by atoms with Crippen LogP contribution in [0.1, 0.15) is 47.5 Å². The highest BCUT2D eigenvalue weighted by molar-refractivity contribution is 5.93. The molecule has 1 atom stereocenters. The quantitative estimate of drug-likeness (QED) is 0.438. The number of pyridine rings is 1. The number of amides is 1. The van der Waals surface area contributed by atoms with E-state index < -0.39 is 0 Å². The second kappa shape index (κ2) is 12.0. The predicted octanol–water partition coefficient (Wildman–Crippen LogP) is 3.91. The Morgan fingerprint density at radius 1 is 1.09 bits per heavy atom. The maximum atomic E-state index is 13.9. The van der Waals surface area contributed by atoms with Crippen molar-refractivity contribution in [1.29, 1.82) is 0 Å². The van der Waals surface area contributed by atoms with Gasteiger partial charge in [0.25, 0.3) is 5.91 Å². The number of fused-ring (bicyclic) bond motifs is 1.